The molecule has 1 atom stereocenters. The molecule has 1 aliphatic rings. The van der Waals surface area contributed by atoms with Crippen molar-refractivity contribution in [2.24, 2.45) is 0 Å². The van der Waals surface area contributed by atoms with Crippen LogP contribution >= 0.6 is 0 Å². The Morgan fingerprint density at radius 2 is 2.23 bits per heavy atom. The second-order valence-corrected chi connectivity index (χ2v) is 4.06. The maximum Gasteiger partial charge on any atom is 0.149 e. The quantitative estimate of drug-likeness (QED) is 0.666. The van der Waals surface area contributed by atoms with Crippen LogP contribution in [0.25, 0.3) is 0 Å². The first-order chi connectivity index (χ1) is 6.25. The Morgan fingerprint density at radius 1 is 1.46 bits per heavy atom. The van der Waals surface area contributed by atoms with Gasteiger partial charge in [-0.2, -0.15) is 0 Å². The fraction of sp³-hybridized carbons (Fsp3) is 0.909. The number of ketones is 1. The minimum Gasteiger partial charge on any atom is -0.298 e. The molecule has 0 bridgehead atoms. The molecule has 13 heavy (non-hydrogen) atoms. The van der Waals surface area contributed by atoms with E-state index >= 15 is 0 Å². The summed E-state index contributed by atoms with van der Waals surface area (Å²) < 4.78 is 0. The van der Waals surface area contributed by atoms with Gasteiger partial charge in [-0.05, 0) is 32.9 Å². The lowest BCUT2D eigenvalue weighted by molar-refractivity contribution is -0.125. The predicted molar refractivity (Wildman–Crippen MR) is 54.8 cm³/mol. The number of carbonyl (C=O) groups excluding carboxylic acids is 1. The van der Waals surface area contributed by atoms with Gasteiger partial charge in [0.2, 0.25) is 0 Å². The van der Waals surface area contributed by atoms with E-state index in [-0.39, 0.29) is 6.04 Å². The SMILES string of the molecule is CCCCN(C)C1CCCCC1=O. The molecule has 0 aliphatic heterocycles. The van der Waals surface area contributed by atoms with Crippen molar-refractivity contribution in [1.82, 2.24) is 4.90 Å². The summed E-state index contributed by atoms with van der Waals surface area (Å²) in [6.07, 6.45) is 6.65. The molecule has 0 N–H and O–H groups in total. The molecule has 1 rings (SSSR count). The summed E-state index contributed by atoms with van der Waals surface area (Å²) in [5.41, 5.74) is 0. The van der Waals surface area contributed by atoms with Crippen molar-refractivity contribution in [2.75, 3.05) is 13.6 Å². The summed E-state index contributed by atoms with van der Waals surface area (Å²) in [4.78, 5) is 13.8. The van der Waals surface area contributed by atoms with Gasteiger partial charge in [0.25, 0.3) is 0 Å². The van der Waals surface area contributed by atoms with Crippen LogP contribution in [0.3, 0.4) is 0 Å². The summed E-state index contributed by atoms with van der Waals surface area (Å²) in [5, 5.41) is 0. The molecule has 0 aromatic carbocycles. The molecule has 0 heterocycles. The van der Waals surface area contributed by atoms with Crippen molar-refractivity contribution < 1.29 is 4.79 Å². The highest BCUT2D eigenvalue weighted by Crippen LogP contribution is 2.18. The van der Waals surface area contributed by atoms with E-state index in [1.165, 1.54) is 19.3 Å². The van der Waals surface area contributed by atoms with E-state index in [1.54, 1.807) is 0 Å². The van der Waals surface area contributed by atoms with Crippen LogP contribution in [-0.2, 0) is 4.79 Å². The van der Waals surface area contributed by atoms with E-state index in [0.29, 0.717) is 5.78 Å². The number of Topliss-reactive ketones (excluding diaryl/α,β-unsaturated/α-hetero) is 1. The molecule has 0 saturated heterocycles. The molecule has 1 saturated carbocycles. The van der Waals surface area contributed by atoms with E-state index in [1.807, 2.05) is 0 Å². The molecule has 0 amide bonds. The molecule has 1 aliphatic carbocycles. The molecule has 0 aromatic rings. The molecular weight excluding hydrogens is 162 g/mol. The van der Waals surface area contributed by atoms with E-state index in [0.717, 1.165) is 25.8 Å². The van der Waals surface area contributed by atoms with Crippen LogP contribution < -0.4 is 0 Å². The first-order valence-corrected chi connectivity index (χ1v) is 5.48. The smallest absolute Gasteiger partial charge is 0.149 e. The fourth-order valence-corrected chi connectivity index (χ4v) is 1.99. The van der Waals surface area contributed by atoms with Gasteiger partial charge in [0, 0.05) is 6.42 Å². The van der Waals surface area contributed by atoms with Gasteiger partial charge in [0.05, 0.1) is 6.04 Å². The molecule has 2 nitrogen and oxygen atoms in total. The number of rotatable bonds is 4. The average Bonchev–Trinajstić information content (AvgIpc) is 2.15. The Balaban J connectivity index is 2.34. The minimum atomic E-state index is 0.236. The van der Waals surface area contributed by atoms with E-state index < -0.39 is 0 Å². The fourth-order valence-electron chi connectivity index (χ4n) is 1.99. The topological polar surface area (TPSA) is 20.3 Å². The zero-order chi connectivity index (χ0) is 9.68. The number of hydrogen-bond donors (Lipinski definition) is 0. The molecule has 0 radical (unpaired) electrons. The van der Waals surface area contributed by atoms with Crippen molar-refractivity contribution in [3.05, 3.63) is 0 Å². The Kier molecular flexibility index (Phi) is 4.43. The van der Waals surface area contributed by atoms with Gasteiger partial charge in [-0.3, -0.25) is 9.69 Å². The lowest BCUT2D eigenvalue weighted by Crippen LogP contribution is -2.40. The van der Waals surface area contributed by atoms with Gasteiger partial charge in [-0.1, -0.05) is 19.8 Å². The third-order valence-electron chi connectivity index (χ3n) is 2.92. The van der Waals surface area contributed by atoms with E-state index in [4.69, 9.17) is 0 Å². The van der Waals surface area contributed by atoms with Crippen molar-refractivity contribution in [3.63, 3.8) is 0 Å². The van der Waals surface area contributed by atoms with Crippen LogP contribution in [0.15, 0.2) is 0 Å². The highest BCUT2D eigenvalue weighted by Gasteiger charge is 2.24. The third-order valence-corrected chi connectivity index (χ3v) is 2.92. The summed E-state index contributed by atoms with van der Waals surface area (Å²) in [5.74, 6) is 0.463. The maximum atomic E-state index is 11.6. The number of carbonyl (C=O) groups is 1. The van der Waals surface area contributed by atoms with Crippen LogP contribution in [-0.4, -0.2) is 30.3 Å². The molecule has 2 heteroatoms. The Morgan fingerprint density at radius 3 is 2.85 bits per heavy atom. The maximum absolute atomic E-state index is 11.6. The Hall–Kier alpha value is -0.370. The van der Waals surface area contributed by atoms with Crippen LogP contribution in [0.1, 0.15) is 45.4 Å². The minimum absolute atomic E-state index is 0.236. The van der Waals surface area contributed by atoms with E-state index in [9.17, 15) is 4.79 Å². The van der Waals surface area contributed by atoms with Gasteiger partial charge in [-0.15, -0.1) is 0 Å². The van der Waals surface area contributed by atoms with Crippen molar-refractivity contribution in [3.8, 4) is 0 Å². The summed E-state index contributed by atoms with van der Waals surface area (Å²) in [7, 11) is 2.09. The second-order valence-electron chi connectivity index (χ2n) is 4.06. The number of nitrogens with zero attached hydrogens (tertiary/aromatic N) is 1. The Bertz CT molecular complexity index is 167. The average molecular weight is 183 g/mol. The van der Waals surface area contributed by atoms with Gasteiger partial charge >= 0.3 is 0 Å². The summed E-state index contributed by atoms with van der Waals surface area (Å²) in [6.45, 7) is 3.27. The van der Waals surface area contributed by atoms with Crippen molar-refractivity contribution >= 4 is 5.78 Å². The normalized spacial score (nSPS) is 23.9. The van der Waals surface area contributed by atoms with Gasteiger partial charge in [0.15, 0.2) is 0 Å². The number of likely N-dealkylation sites (N-methyl/N-ethyl adjacent to an activating group) is 1. The summed E-state index contributed by atoms with van der Waals surface area (Å²) in [6, 6.07) is 0.236. The second kappa shape index (κ2) is 5.38. The number of unbranched alkanes of at least 4 members (excludes halogenated alkanes) is 1. The first kappa shape index (κ1) is 10.7. The first-order valence-electron chi connectivity index (χ1n) is 5.48. The zero-order valence-electron chi connectivity index (χ0n) is 8.88. The van der Waals surface area contributed by atoms with Gasteiger partial charge in [-0.25, -0.2) is 0 Å². The van der Waals surface area contributed by atoms with Crippen LogP contribution in [0.2, 0.25) is 0 Å². The zero-order valence-corrected chi connectivity index (χ0v) is 8.88. The molecule has 1 unspecified atom stereocenters. The molecule has 76 valence electrons. The van der Waals surface area contributed by atoms with Gasteiger partial charge < -0.3 is 0 Å². The van der Waals surface area contributed by atoms with Crippen molar-refractivity contribution in [1.29, 1.82) is 0 Å². The lowest BCUT2D eigenvalue weighted by atomic mass is 9.93. The van der Waals surface area contributed by atoms with Crippen LogP contribution in [0.4, 0.5) is 0 Å². The highest BCUT2D eigenvalue weighted by molar-refractivity contribution is 5.84. The predicted octanol–water partition coefficient (Wildman–Crippen LogP) is 2.23. The van der Waals surface area contributed by atoms with Gasteiger partial charge in [0.1, 0.15) is 5.78 Å². The molecule has 0 aromatic heterocycles. The largest absolute Gasteiger partial charge is 0.298 e. The molecular formula is C11H21NO. The van der Waals surface area contributed by atoms with Crippen LogP contribution in [0, 0.1) is 0 Å². The summed E-state index contributed by atoms with van der Waals surface area (Å²) >= 11 is 0. The standard InChI is InChI=1S/C11H21NO/c1-3-4-9-12(2)10-7-5-6-8-11(10)13/h10H,3-9H2,1-2H3. The number of hydrogen-bond acceptors (Lipinski definition) is 2. The highest BCUT2D eigenvalue weighted by atomic mass is 16.1. The molecule has 1 fully saturated rings. The third kappa shape index (κ3) is 3.11. The van der Waals surface area contributed by atoms with Crippen molar-refractivity contribution in [2.45, 2.75) is 51.5 Å². The Labute approximate surface area is 81.3 Å². The monoisotopic (exact) mass is 183 g/mol. The lowest BCUT2D eigenvalue weighted by Gasteiger charge is -2.29. The van der Waals surface area contributed by atoms with E-state index in [2.05, 4.69) is 18.9 Å². The molecule has 0 spiro atoms. The van der Waals surface area contributed by atoms with Crippen LogP contribution in [0.5, 0.6) is 0 Å².